The molecule has 154 valence electrons. The Morgan fingerprint density at radius 3 is 2.03 bits per heavy atom. The van der Waals surface area contributed by atoms with Crippen LogP contribution in [0, 0.1) is 17.6 Å². The number of amides is 2. The molecule has 0 bridgehead atoms. The van der Waals surface area contributed by atoms with Gasteiger partial charge in [0, 0.05) is 31.7 Å². The van der Waals surface area contributed by atoms with Crippen LogP contribution < -0.4 is 0 Å². The molecule has 4 nitrogen and oxygen atoms in total. The van der Waals surface area contributed by atoms with Gasteiger partial charge >= 0.3 is 0 Å². The molecule has 0 aromatic heterocycles. The second kappa shape index (κ2) is 9.16. The number of piperazine rings is 1. The monoisotopic (exact) mass is 400 g/mol. The average molecular weight is 400 g/mol. The molecule has 0 N–H and O–H groups in total. The van der Waals surface area contributed by atoms with Gasteiger partial charge in [0.05, 0.1) is 6.42 Å². The molecule has 1 aliphatic heterocycles. The van der Waals surface area contributed by atoms with E-state index >= 15 is 0 Å². The fourth-order valence-electron chi connectivity index (χ4n) is 3.52. The molecule has 6 heteroatoms. The number of carbonyl (C=O) groups excluding carboxylic acids is 2. The number of halogens is 2. The van der Waals surface area contributed by atoms with Crippen molar-refractivity contribution in [2.24, 2.45) is 5.92 Å². The predicted octanol–water partition coefficient (Wildman–Crippen LogP) is 3.69. The summed E-state index contributed by atoms with van der Waals surface area (Å²) in [7, 11) is 0. The standard InChI is InChI=1S/C23H26F2N2O2/c1-16(2)13-17-3-5-18(6-4-17)14-22(28)26-9-11-27(12-10-26)23(29)19-7-8-20(24)21(25)15-19/h3-8,15-16H,9-14H2,1-2H3. The van der Waals surface area contributed by atoms with Gasteiger partial charge in [0.15, 0.2) is 11.6 Å². The molecule has 0 saturated carbocycles. The van der Waals surface area contributed by atoms with E-state index in [9.17, 15) is 18.4 Å². The highest BCUT2D eigenvalue weighted by molar-refractivity contribution is 5.94. The van der Waals surface area contributed by atoms with Crippen LogP contribution >= 0.6 is 0 Å². The SMILES string of the molecule is CC(C)Cc1ccc(CC(=O)N2CCN(C(=O)c3ccc(F)c(F)c3)CC2)cc1. The summed E-state index contributed by atoms with van der Waals surface area (Å²) in [6.07, 6.45) is 1.35. The highest BCUT2D eigenvalue weighted by Gasteiger charge is 2.25. The first-order valence-corrected chi connectivity index (χ1v) is 9.93. The van der Waals surface area contributed by atoms with E-state index in [0.29, 0.717) is 38.5 Å². The fourth-order valence-corrected chi connectivity index (χ4v) is 3.52. The van der Waals surface area contributed by atoms with Gasteiger partial charge in [0.1, 0.15) is 0 Å². The summed E-state index contributed by atoms with van der Waals surface area (Å²) in [5, 5.41) is 0. The molecule has 1 heterocycles. The lowest BCUT2D eigenvalue weighted by atomic mass is 10.0. The van der Waals surface area contributed by atoms with E-state index in [1.807, 2.05) is 12.1 Å². The lowest BCUT2D eigenvalue weighted by Crippen LogP contribution is -2.51. The minimum atomic E-state index is -1.04. The zero-order valence-corrected chi connectivity index (χ0v) is 16.8. The normalized spacial score (nSPS) is 14.4. The van der Waals surface area contributed by atoms with Crippen LogP contribution in [0.1, 0.15) is 35.3 Å². The topological polar surface area (TPSA) is 40.6 Å². The maximum Gasteiger partial charge on any atom is 0.254 e. The highest BCUT2D eigenvalue weighted by Crippen LogP contribution is 2.15. The van der Waals surface area contributed by atoms with E-state index in [2.05, 4.69) is 26.0 Å². The first-order chi connectivity index (χ1) is 13.8. The lowest BCUT2D eigenvalue weighted by molar-refractivity contribution is -0.131. The minimum absolute atomic E-state index is 0.0292. The number of rotatable bonds is 5. The Balaban J connectivity index is 1.52. The summed E-state index contributed by atoms with van der Waals surface area (Å²) >= 11 is 0. The van der Waals surface area contributed by atoms with Crippen LogP contribution in [0.4, 0.5) is 8.78 Å². The molecule has 0 atom stereocenters. The number of carbonyl (C=O) groups is 2. The Morgan fingerprint density at radius 2 is 1.45 bits per heavy atom. The smallest absolute Gasteiger partial charge is 0.254 e. The molecule has 0 unspecified atom stereocenters. The van der Waals surface area contributed by atoms with Crippen molar-refractivity contribution in [2.75, 3.05) is 26.2 Å². The van der Waals surface area contributed by atoms with Crippen LogP contribution in [0.5, 0.6) is 0 Å². The van der Waals surface area contributed by atoms with Crippen molar-refractivity contribution in [3.63, 3.8) is 0 Å². The van der Waals surface area contributed by atoms with E-state index < -0.39 is 11.6 Å². The molecule has 2 aromatic rings. The Labute approximate surface area is 170 Å². The number of benzene rings is 2. The molecular formula is C23H26F2N2O2. The minimum Gasteiger partial charge on any atom is -0.339 e. The molecule has 1 saturated heterocycles. The summed E-state index contributed by atoms with van der Waals surface area (Å²) in [6, 6.07) is 11.3. The van der Waals surface area contributed by atoms with Crippen molar-refractivity contribution in [3.8, 4) is 0 Å². The van der Waals surface area contributed by atoms with E-state index in [1.165, 1.54) is 11.6 Å². The van der Waals surface area contributed by atoms with Crippen LogP contribution in [0.25, 0.3) is 0 Å². The van der Waals surface area contributed by atoms with Gasteiger partial charge in [0.25, 0.3) is 5.91 Å². The Hall–Kier alpha value is -2.76. The molecule has 29 heavy (non-hydrogen) atoms. The summed E-state index contributed by atoms with van der Waals surface area (Å²) < 4.78 is 26.4. The van der Waals surface area contributed by atoms with Gasteiger partial charge < -0.3 is 9.80 Å². The predicted molar refractivity (Wildman–Crippen MR) is 108 cm³/mol. The lowest BCUT2D eigenvalue weighted by Gasteiger charge is -2.35. The van der Waals surface area contributed by atoms with E-state index in [4.69, 9.17) is 0 Å². The van der Waals surface area contributed by atoms with Gasteiger partial charge in [-0.1, -0.05) is 38.1 Å². The zero-order valence-electron chi connectivity index (χ0n) is 16.8. The number of hydrogen-bond acceptors (Lipinski definition) is 2. The van der Waals surface area contributed by atoms with Crippen molar-refractivity contribution >= 4 is 11.8 Å². The van der Waals surface area contributed by atoms with Crippen LogP contribution in [-0.2, 0) is 17.6 Å². The summed E-state index contributed by atoms with van der Waals surface area (Å²) in [5.41, 5.74) is 2.36. The third-order valence-electron chi connectivity index (χ3n) is 5.11. The van der Waals surface area contributed by atoms with Crippen molar-refractivity contribution in [2.45, 2.75) is 26.7 Å². The van der Waals surface area contributed by atoms with Crippen LogP contribution in [0.3, 0.4) is 0 Å². The van der Waals surface area contributed by atoms with E-state index in [0.717, 1.165) is 24.1 Å². The molecule has 2 amide bonds. The molecule has 0 radical (unpaired) electrons. The Kier molecular flexibility index (Phi) is 6.62. The second-order valence-corrected chi connectivity index (χ2v) is 7.89. The third kappa shape index (κ3) is 5.40. The summed E-state index contributed by atoms with van der Waals surface area (Å²) in [4.78, 5) is 28.4. The highest BCUT2D eigenvalue weighted by atomic mass is 19.2. The number of hydrogen-bond donors (Lipinski definition) is 0. The molecule has 1 aliphatic rings. The molecule has 2 aromatic carbocycles. The van der Waals surface area contributed by atoms with E-state index in [1.54, 1.807) is 9.80 Å². The summed E-state index contributed by atoms with van der Waals surface area (Å²) in [6.45, 7) is 5.95. The van der Waals surface area contributed by atoms with Gasteiger partial charge in [-0.25, -0.2) is 8.78 Å². The van der Waals surface area contributed by atoms with Crippen molar-refractivity contribution < 1.29 is 18.4 Å². The first-order valence-electron chi connectivity index (χ1n) is 9.93. The summed E-state index contributed by atoms with van der Waals surface area (Å²) in [5.74, 6) is -1.75. The van der Waals surface area contributed by atoms with Crippen LogP contribution in [-0.4, -0.2) is 47.8 Å². The van der Waals surface area contributed by atoms with E-state index in [-0.39, 0.29) is 17.4 Å². The maximum absolute atomic E-state index is 13.4. The van der Waals surface area contributed by atoms with Gasteiger partial charge in [-0.15, -0.1) is 0 Å². The Morgan fingerprint density at radius 1 is 0.862 bits per heavy atom. The average Bonchev–Trinajstić information content (AvgIpc) is 2.70. The van der Waals surface area contributed by atoms with Crippen molar-refractivity contribution in [3.05, 3.63) is 70.8 Å². The van der Waals surface area contributed by atoms with Crippen LogP contribution in [0.15, 0.2) is 42.5 Å². The zero-order chi connectivity index (χ0) is 21.0. The molecule has 0 aliphatic carbocycles. The van der Waals surface area contributed by atoms with Gasteiger partial charge in [0.2, 0.25) is 5.91 Å². The number of nitrogens with zero attached hydrogens (tertiary/aromatic N) is 2. The Bertz CT molecular complexity index is 873. The maximum atomic E-state index is 13.4. The molecule has 1 fully saturated rings. The fraction of sp³-hybridized carbons (Fsp3) is 0.391. The van der Waals surface area contributed by atoms with Gasteiger partial charge in [-0.3, -0.25) is 9.59 Å². The van der Waals surface area contributed by atoms with Crippen LogP contribution in [0.2, 0.25) is 0 Å². The van der Waals surface area contributed by atoms with Crippen molar-refractivity contribution in [1.29, 1.82) is 0 Å². The molecule has 3 rings (SSSR count). The van der Waals surface area contributed by atoms with Gasteiger partial charge in [-0.2, -0.15) is 0 Å². The van der Waals surface area contributed by atoms with Gasteiger partial charge in [-0.05, 0) is 41.7 Å². The first kappa shape index (κ1) is 21.0. The molecular weight excluding hydrogens is 374 g/mol. The molecule has 0 spiro atoms. The quantitative estimate of drug-likeness (QED) is 0.768. The third-order valence-corrected chi connectivity index (χ3v) is 5.11. The second-order valence-electron chi connectivity index (χ2n) is 7.89. The van der Waals surface area contributed by atoms with Crippen molar-refractivity contribution in [1.82, 2.24) is 9.80 Å². The largest absolute Gasteiger partial charge is 0.339 e.